The first-order valence-corrected chi connectivity index (χ1v) is 11.6. The Morgan fingerprint density at radius 2 is 1.93 bits per heavy atom. The van der Waals surface area contributed by atoms with Gasteiger partial charge in [-0.1, -0.05) is 46.5 Å². The number of fused-ring (bicyclic) bond motifs is 5. The van der Waals surface area contributed by atoms with Crippen LogP contribution < -0.4 is 0 Å². The van der Waals surface area contributed by atoms with Crippen molar-refractivity contribution in [2.24, 2.45) is 46.3 Å². The van der Waals surface area contributed by atoms with Crippen LogP contribution in [0.1, 0.15) is 91.4 Å². The Bertz CT molecular complexity index is 613. The second-order valence-electron chi connectivity index (χ2n) is 10.7. The number of hydrogen-bond donors (Lipinski definition) is 1. The summed E-state index contributed by atoms with van der Waals surface area (Å²) in [6.45, 7) is 6.88. The lowest BCUT2D eigenvalue weighted by Gasteiger charge is -2.59. The van der Waals surface area contributed by atoms with Crippen molar-refractivity contribution in [2.45, 2.75) is 91.4 Å². The van der Waals surface area contributed by atoms with E-state index >= 15 is 0 Å². The standard InChI is InChI=1S/C24H38O3/c1-4-7-15(2)21-20(25)14-19-17-10-9-16-8-5-6-12-24(16,22(26)27)18(17)11-13-23(19,21)3/h15-19,21H,4-14H2,1-3H3,(H,26,27)/t15-,16?,17-,18+,19+,21+,23+,24-/m1/s1. The molecule has 1 unspecified atom stereocenters. The van der Waals surface area contributed by atoms with Crippen LogP contribution in [0.2, 0.25) is 0 Å². The molecule has 3 heteroatoms. The second-order valence-corrected chi connectivity index (χ2v) is 10.7. The maximum absolute atomic E-state index is 13.1. The fourth-order valence-electron chi connectivity index (χ4n) is 8.74. The van der Waals surface area contributed by atoms with Gasteiger partial charge in [0.15, 0.2) is 0 Å². The molecule has 8 atom stereocenters. The van der Waals surface area contributed by atoms with E-state index in [-0.39, 0.29) is 11.3 Å². The van der Waals surface area contributed by atoms with Gasteiger partial charge in [-0.15, -0.1) is 0 Å². The number of carbonyl (C=O) groups is 2. The molecule has 0 heterocycles. The van der Waals surface area contributed by atoms with E-state index in [1.807, 2.05) is 0 Å². The summed E-state index contributed by atoms with van der Waals surface area (Å²) < 4.78 is 0. The first kappa shape index (κ1) is 19.5. The quantitative estimate of drug-likeness (QED) is 0.685. The Morgan fingerprint density at radius 1 is 1.15 bits per heavy atom. The highest BCUT2D eigenvalue weighted by Crippen LogP contribution is 2.67. The number of ketones is 1. The summed E-state index contributed by atoms with van der Waals surface area (Å²) in [5.74, 6) is 2.19. The van der Waals surface area contributed by atoms with Gasteiger partial charge in [0, 0.05) is 12.3 Å². The minimum Gasteiger partial charge on any atom is -0.481 e. The summed E-state index contributed by atoms with van der Waals surface area (Å²) in [6, 6.07) is 0. The van der Waals surface area contributed by atoms with Gasteiger partial charge >= 0.3 is 5.97 Å². The molecule has 0 aromatic carbocycles. The molecular formula is C24H38O3. The molecule has 0 saturated heterocycles. The van der Waals surface area contributed by atoms with Gasteiger partial charge < -0.3 is 5.11 Å². The molecule has 0 bridgehead atoms. The molecule has 4 aliphatic rings. The van der Waals surface area contributed by atoms with Crippen molar-refractivity contribution < 1.29 is 14.7 Å². The van der Waals surface area contributed by atoms with Gasteiger partial charge in [0.25, 0.3) is 0 Å². The lowest BCUT2D eigenvalue weighted by Crippen LogP contribution is -2.57. The van der Waals surface area contributed by atoms with Crippen molar-refractivity contribution in [1.82, 2.24) is 0 Å². The Kier molecular flexibility index (Phi) is 4.96. The number of rotatable bonds is 4. The molecular weight excluding hydrogens is 336 g/mol. The van der Waals surface area contributed by atoms with Crippen molar-refractivity contribution >= 4 is 11.8 Å². The monoisotopic (exact) mass is 374 g/mol. The number of carbonyl (C=O) groups excluding carboxylic acids is 1. The molecule has 0 radical (unpaired) electrons. The van der Waals surface area contributed by atoms with Crippen LogP contribution in [0.4, 0.5) is 0 Å². The molecule has 152 valence electrons. The van der Waals surface area contributed by atoms with E-state index in [0.29, 0.717) is 35.4 Å². The molecule has 4 fully saturated rings. The summed E-state index contributed by atoms with van der Waals surface area (Å²) in [5.41, 5.74) is -0.382. The summed E-state index contributed by atoms with van der Waals surface area (Å²) in [5, 5.41) is 10.4. The van der Waals surface area contributed by atoms with E-state index in [9.17, 15) is 14.7 Å². The molecule has 1 N–H and O–H groups in total. The summed E-state index contributed by atoms with van der Waals surface area (Å²) in [4.78, 5) is 25.7. The topological polar surface area (TPSA) is 54.4 Å². The third-order valence-electron chi connectivity index (χ3n) is 9.70. The van der Waals surface area contributed by atoms with Crippen LogP contribution >= 0.6 is 0 Å². The summed E-state index contributed by atoms with van der Waals surface area (Å²) in [7, 11) is 0. The minimum atomic E-state index is -0.522. The molecule has 27 heavy (non-hydrogen) atoms. The highest BCUT2D eigenvalue weighted by Gasteiger charge is 2.65. The molecule has 0 aliphatic heterocycles. The van der Waals surface area contributed by atoms with Crippen molar-refractivity contribution in [1.29, 1.82) is 0 Å². The third-order valence-corrected chi connectivity index (χ3v) is 9.70. The third kappa shape index (κ3) is 2.66. The van der Waals surface area contributed by atoms with Gasteiger partial charge in [-0.05, 0) is 73.5 Å². The van der Waals surface area contributed by atoms with E-state index in [1.165, 1.54) is 6.42 Å². The molecule has 4 aliphatic carbocycles. The van der Waals surface area contributed by atoms with Crippen molar-refractivity contribution in [3.63, 3.8) is 0 Å². The predicted octanol–water partition coefficient (Wildman–Crippen LogP) is 5.72. The van der Waals surface area contributed by atoms with Crippen LogP contribution in [0.25, 0.3) is 0 Å². The lowest BCUT2D eigenvalue weighted by molar-refractivity contribution is -0.179. The maximum Gasteiger partial charge on any atom is 0.310 e. The van der Waals surface area contributed by atoms with E-state index in [2.05, 4.69) is 20.8 Å². The average molecular weight is 375 g/mol. The largest absolute Gasteiger partial charge is 0.481 e. The van der Waals surface area contributed by atoms with Crippen molar-refractivity contribution in [3.8, 4) is 0 Å². The van der Waals surface area contributed by atoms with Crippen LogP contribution in [-0.2, 0) is 9.59 Å². The molecule has 0 aromatic heterocycles. The Hall–Kier alpha value is -0.860. The van der Waals surface area contributed by atoms with Crippen molar-refractivity contribution in [2.75, 3.05) is 0 Å². The van der Waals surface area contributed by atoms with Crippen LogP contribution in [-0.4, -0.2) is 16.9 Å². The average Bonchev–Trinajstić information content (AvgIpc) is 2.91. The summed E-state index contributed by atoms with van der Waals surface area (Å²) in [6.07, 6.45) is 11.6. The number of hydrogen-bond acceptors (Lipinski definition) is 2. The van der Waals surface area contributed by atoms with Crippen molar-refractivity contribution in [3.05, 3.63) is 0 Å². The zero-order valence-corrected chi connectivity index (χ0v) is 17.5. The minimum absolute atomic E-state index is 0.105. The van der Waals surface area contributed by atoms with E-state index in [1.54, 1.807) is 0 Å². The number of carboxylic acid groups (broad SMARTS) is 1. The van der Waals surface area contributed by atoms with Crippen LogP contribution in [0, 0.1) is 46.3 Å². The fourth-order valence-corrected chi connectivity index (χ4v) is 8.74. The zero-order valence-electron chi connectivity index (χ0n) is 17.5. The zero-order chi connectivity index (χ0) is 19.4. The van der Waals surface area contributed by atoms with Gasteiger partial charge in [0.05, 0.1) is 5.41 Å². The van der Waals surface area contributed by atoms with E-state index in [0.717, 1.165) is 64.2 Å². The maximum atomic E-state index is 13.1. The van der Waals surface area contributed by atoms with Crippen LogP contribution in [0.3, 0.4) is 0 Å². The Morgan fingerprint density at radius 3 is 2.63 bits per heavy atom. The normalized spacial score (nSPS) is 47.7. The van der Waals surface area contributed by atoms with E-state index < -0.39 is 11.4 Å². The van der Waals surface area contributed by atoms with Gasteiger partial charge in [0.1, 0.15) is 5.78 Å². The van der Waals surface area contributed by atoms with Gasteiger partial charge in [-0.3, -0.25) is 9.59 Å². The summed E-state index contributed by atoms with van der Waals surface area (Å²) >= 11 is 0. The highest BCUT2D eigenvalue weighted by molar-refractivity contribution is 5.85. The smallest absolute Gasteiger partial charge is 0.310 e. The first-order chi connectivity index (χ1) is 12.9. The number of carboxylic acids is 1. The van der Waals surface area contributed by atoms with Gasteiger partial charge in [0.2, 0.25) is 0 Å². The van der Waals surface area contributed by atoms with Gasteiger partial charge in [-0.25, -0.2) is 0 Å². The Balaban J connectivity index is 1.67. The molecule has 0 amide bonds. The van der Waals surface area contributed by atoms with Crippen LogP contribution in [0.15, 0.2) is 0 Å². The molecule has 4 rings (SSSR count). The number of Topliss-reactive ketones (excluding diaryl/α,β-unsaturated/α-hetero) is 1. The van der Waals surface area contributed by atoms with Gasteiger partial charge in [-0.2, -0.15) is 0 Å². The fraction of sp³-hybridized carbons (Fsp3) is 0.917. The number of aliphatic carboxylic acids is 1. The Labute approximate surface area is 164 Å². The first-order valence-electron chi connectivity index (χ1n) is 11.6. The van der Waals surface area contributed by atoms with Crippen LogP contribution in [0.5, 0.6) is 0 Å². The highest BCUT2D eigenvalue weighted by atomic mass is 16.4. The SMILES string of the molecule is CCC[C@@H](C)[C@H]1C(=O)C[C@H]2[C@@H]3CCC4CCCC[C@]4(C(=O)O)[C@H]3CC[C@]12C. The second kappa shape index (κ2) is 6.88. The predicted molar refractivity (Wildman–Crippen MR) is 106 cm³/mol. The lowest BCUT2D eigenvalue weighted by atomic mass is 9.44. The van der Waals surface area contributed by atoms with E-state index in [4.69, 9.17) is 0 Å². The molecule has 0 spiro atoms. The molecule has 3 nitrogen and oxygen atoms in total. The molecule has 4 saturated carbocycles. The molecule has 0 aromatic rings.